The summed E-state index contributed by atoms with van der Waals surface area (Å²) >= 11 is 0. The summed E-state index contributed by atoms with van der Waals surface area (Å²) in [7, 11) is 0. The fourth-order valence-corrected chi connectivity index (χ4v) is 3.59. The van der Waals surface area contributed by atoms with Gasteiger partial charge >= 0.3 is 0 Å². The van der Waals surface area contributed by atoms with Crippen LogP contribution < -0.4 is 26.6 Å². The topological polar surface area (TPSA) is 116 Å². The third-order valence-corrected chi connectivity index (χ3v) is 5.23. The van der Waals surface area contributed by atoms with Crippen LogP contribution >= 0.6 is 0 Å². The van der Waals surface area contributed by atoms with Crippen molar-refractivity contribution in [2.24, 2.45) is 5.41 Å². The Morgan fingerprint density at radius 2 is 1.90 bits per heavy atom. The van der Waals surface area contributed by atoms with Crippen LogP contribution in [0, 0.1) is 12.3 Å². The minimum atomic E-state index is -0.0488. The quantitative estimate of drug-likeness (QED) is 0.493. The normalized spacial score (nSPS) is 18.1. The molecular weight excluding hydrogens is 380 g/mol. The second kappa shape index (κ2) is 8.06. The molecule has 4 rings (SSSR count). The van der Waals surface area contributed by atoms with Crippen molar-refractivity contribution in [3.63, 3.8) is 0 Å². The van der Waals surface area contributed by atoms with E-state index in [1.807, 2.05) is 19.1 Å². The highest BCUT2D eigenvalue weighted by molar-refractivity contribution is 6.00. The third-order valence-electron chi connectivity index (χ3n) is 5.23. The number of anilines is 4. The molecule has 1 amide bonds. The van der Waals surface area contributed by atoms with E-state index in [1.165, 1.54) is 0 Å². The van der Waals surface area contributed by atoms with Gasteiger partial charge in [-0.3, -0.25) is 4.79 Å². The third kappa shape index (κ3) is 4.62. The lowest BCUT2D eigenvalue weighted by molar-refractivity contribution is 0.0965. The van der Waals surface area contributed by atoms with Gasteiger partial charge in [-0.05, 0) is 36.9 Å². The maximum absolute atomic E-state index is 12.1. The molecule has 0 aliphatic carbocycles. The Kier molecular flexibility index (Phi) is 5.46. The average molecular weight is 411 g/mol. The van der Waals surface area contributed by atoms with Gasteiger partial charge in [0.1, 0.15) is 0 Å². The van der Waals surface area contributed by atoms with Crippen LogP contribution in [0.2, 0.25) is 0 Å². The van der Waals surface area contributed by atoms with Gasteiger partial charge in [-0.1, -0.05) is 26.8 Å². The summed E-state index contributed by atoms with van der Waals surface area (Å²) in [6.07, 6.45) is 1.03. The standard InChI is InChI=1S/C21H30N8O/c1-12-5-6-14-15(10-23-17(14)30)16(12)26-20-28-18(24-11-21(2,3)4)27-19(29-20)25-13-7-8-22-9-13/h5-6,13,22H,7-11H2,1-4H3,(H,23,30)(H3,24,25,26,27,28,29)/t13-/m1/s1. The van der Waals surface area contributed by atoms with Gasteiger partial charge in [0.15, 0.2) is 0 Å². The Morgan fingerprint density at radius 3 is 2.63 bits per heavy atom. The first-order valence-corrected chi connectivity index (χ1v) is 10.4. The van der Waals surface area contributed by atoms with Crippen LogP contribution in [0.25, 0.3) is 0 Å². The van der Waals surface area contributed by atoms with Crippen molar-refractivity contribution in [3.8, 4) is 0 Å². The molecule has 2 aliphatic heterocycles. The van der Waals surface area contributed by atoms with E-state index in [0.717, 1.165) is 42.9 Å². The van der Waals surface area contributed by atoms with Crippen LogP contribution in [0.3, 0.4) is 0 Å². The molecule has 2 aromatic rings. The van der Waals surface area contributed by atoms with Gasteiger partial charge in [-0.15, -0.1) is 0 Å². The molecule has 30 heavy (non-hydrogen) atoms. The van der Waals surface area contributed by atoms with Crippen molar-refractivity contribution in [3.05, 3.63) is 28.8 Å². The first-order valence-electron chi connectivity index (χ1n) is 10.4. The van der Waals surface area contributed by atoms with Gasteiger partial charge < -0.3 is 26.6 Å². The van der Waals surface area contributed by atoms with Crippen LogP contribution in [0.5, 0.6) is 0 Å². The van der Waals surface area contributed by atoms with Crippen molar-refractivity contribution in [1.82, 2.24) is 25.6 Å². The molecule has 0 radical (unpaired) electrons. The van der Waals surface area contributed by atoms with E-state index in [9.17, 15) is 4.79 Å². The molecular formula is C21H30N8O. The second-order valence-electron chi connectivity index (χ2n) is 9.15. The SMILES string of the molecule is Cc1ccc2c(c1Nc1nc(NCC(C)(C)C)nc(N[C@@H]3CCNC3)n1)CNC2=O. The van der Waals surface area contributed by atoms with Crippen molar-refractivity contribution < 1.29 is 4.79 Å². The van der Waals surface area contributed by atoms with Crippen molar-refractivity contribution in [2.75, 3.05) is 35.6 Å². The highest BCUT2D eigenvalue weighted by atomic mass is 16.1. The smallest absolute Gasteiger partial charge is 0.251 e. The molecule has 1 aromatic heterocycles. The molecule has 9 heteroatoms. The summed E-state index contributed by atoms with van der Waals surface area (Å²) in [6, 6.07) is 4.09. The Hall–Kier alpha value is -2.94. The first kappa shape index (κ1) is 20.3. The Balaban J connectivity index is 1.64. The number of hydrogen-bond donors (Lipinski definition) is 5. The average Bonchev–Trinajstić information content (AvgIpc) is 3.32. The van der Waals surface area contributed by atoms with Crippen molar-refractivity contribution in [2.45, 2.75) is 46.7 Å². The fourth-order valence-electron chi connectivity index (χ4n) is 3.59. The molecule has 1 fully saturated rings. The number of carbonyl (C=O) groups is 1. The minimum absolute atomic E-state index is 0.0488. The molecule has 2 aliphatic rings. The molecule has 9 nitrogen and oxygen atoms in total. The van der Waals surface area contributed by atoms with Gasteiger partial charge in [0.05, 0.1) is 0 Å². The summed E-state index contributed by atoms with van der Waals surface area (Å²) in [6.45, 7) is 11.6. The summed E-state index contributed by atoms with van der Waals surface area (Å²) in [4.78, 5) is 25.8. The largest absolute Gasteiger partial charge is 0.353 e. The van der Waals surface area contributed by atoms with Gasteiger partial charge in [0.25, 0.3) is 5.91 Å². The number of rotatable bonds is 6. The van der Waals surface area contributed by atoms with Gasteiger partial charge in [0, 0.05) is 42.5 Å². The van der Waals surface area contributed by atoms with Crippen molar-refractivity contribution in [1.29, 1.82) is 0 Å². The second-order valence-corrected chi connectivity index (χ2v) is 9.15. The van der Waals surface area contributed by atoms with E-state index >= 15 is 0 Å². The molecule has 1 atom stereocenters. The Bertz CT molecular complexity index is 947. The van der Waals surface area contributed by atoms with Crippen LogP contribution in [0.15, 0.2) is 12.1 Å². The fraction of sp³-hybridized carbons (Fsp3) is 0.524. The molecule has 1 aromatic carbocycles. The number of aromatic nitrogens is 3. The maximum atomic E-state index is 12.1. The van der Waals surface area contributed by atoms with E-state index < -0.39 is 0 Å². The predicted octanol–water partition coefficient (Wildman–Crippen LogP) is 2.40. The van der Waals surface area contributed by atoms with Gasteiger partial charge in [-0.2, -0.15) is 15.0 Å². The highest BCUT2D eigenvalue weighted by Crippen LogP contribution is 2.30. The zero-order chi connectivity index (χ0) is 21.3. The lowest BCUT2D eigenvalue weighted by Crippen LogP contribution is -2.25. The number of aryl methyl sites for hydroxylation is 1. The molecule has 3 heterocycles. The lowest BCUT2D eigenvalue weighted by atomic mass is 9.97. The van der Waals surface area contributed by atoms with Crippen LogP contribution in [-0.4, -0.2) is 46.5 Å². The monoisotopic (exact) mass is 410 g/mol. The summed E-state index contributed by atoms with van der Waals surface area (Å²) < 4.78 is 0. The van der Waals surface area contributed by atoms with Gasteiger partial charge in [0.2, 0.25) is 17.8 Å². The maximum Gasteiger partial charge on any atom is 0.251 e. The number of hydrogen-bond acceptors (Lipinski definition) is 8. The van der Waals surface area contributed by atoms with E-state index in [-0.39, 0.29) is 11.3 Å². The number of amides is 1. The molecule has 0 saturated carbocycles. The number of fused-ring (bicyclic) bond motifs is 1. The number of carbonyl (C=O) groups excluding carboxylic acids is 1. The number of nitrogens with one attached hydrogen (secondary N) is 5. The molecule has 0 bridgehead atoms. The van der Waals surface area contributed by atoms with Crippen LogP contribution in [0.1, 0.15) is 48.7 Å². The summed E-state index contributed by atoms with van der Waals surface area (Å²) in [5.74, 6) is 1.46. The van der Waals surface area contributed by atoms with E-state index in [2.05, 4.69) is 62.3 Å². The van der Waals surface area contributed by atoms with Gasteiger partial charge in [-0.25, -0.2) is 0 Å². The number of nitrogens with zero attached hydrogens (tertiary/aromatic N) is 3. The molecule has 5 N–H and O–H groups in total. The molecule has 1 saturated heterocycles. The lowest BCUT2D eigenvalue weighted by Gasteiger charge is -2.20. The van der Waals surface area contributed by atoms with Crippen LogP contribution in [-0.2, 0) is 6.54 Å². The Labute approximate surface area is 176 Å². The van der Waals surface area contributed by atoms with Crippen molar-refractivity contribution >= 4 is 29.4 Å². The first-order chi connectivity index (χ1) is 14.3. The molecule has 160 valence electrons. The zero-order valence-electron chi connectivity index (χ0n) is 18.0. The predicted molar refractivity (Wildman–Crippen MR) is 118 cm³/mol. The molecule has 0 spiro atoms. The van der Waals surface area contributed by atoms with Crippen LogP contribution in [0.4, 0.5) is 23.5 Å². The van der Waals surface area contributed by atoms with E-state index in [4.69, 9.17) is 0 Å². The van der Waals surface area contributed by atoms with E-state index in [1.54, 1.807) is 0 Å². The summed E-state index contributed by atoms with van der Waals surface area (Å²) in [5.41, 5.74) is 3.63. The summed E-state index contributed by atoms with van der Waals surface area (Å²) in [5, 5.41) is 16.3. The minimum Gasteiger partial charge on any atom is -0.353 e. The molecule has 0 unspecified atom stereocenters. The highest BCUT2D eigenvalue weighted by Gasteiger charge is 2.24. The van der Waals surface area contributed by atoms with E-state index in [0.29, 0.717) is 36.0 Å². The zero-order valence-corrected chi connectivity index (χ0v) is 18.0. The Morgan fingerprint density at radius 1 is 1.13 bits per heavy atom. The number of benzene rings is 1.